The van der Waals surface area contributed by atoms with Gasteiger partial charge in [-0.25, -0.2) is 4.39 Å². The number of allylic oxidation sites excluding steroid dienone is 1. The van der Waals surface area contributed by atoms with Gasteiger partial charge in [-0.05, 0) is 42.5 Å². The molecule has 0 aliphatic heterocycles. The second kappa shape index (κ2) is 9.13. The Bertz CT molecular complexity index is 1070. The number of nitrogens with zero attached hydrogens (tertiary/aromatic N) is 1. The minimum atomic E-state index is -0.454. The summed E-state index contributed by atoms with van der Waals surface area (Å²) in [7, 11) is 5.91. The molecule has 0 aliphatic carbocycles. The van der Waals surface area contributed by atoms with Gasteiger partial charge in [0.25, 0.3) is 0 Å². The van der Waals surface area contributed by atoms with Gasteiger partial charge in [0, 0.05) is 17.2 Å². The SMILES string of the molecule is COc1ccc(-c2cc(C=CC(=O)c3cc(OC)c(OC)c(OC)c3)[nH]n2)c(F)c1. The van der Waals surface area contributed by atoms with Gasteiger partial charge in [0.05, 0.1) is 39.8 Å². The predicted octanol–water partition coefficient (Wildman–Crippen LogP) is 4.15. The first-order chi connectivity index (χ1) is 14.5. The van der Waals surface area contributed by atoms with Crippen LogP contribution in [-0.4, -0.2) is 44.4 Å². The first-order valence-electron chi connectivity index (χ1n) is 8.92. The van der Waals surface area contributed by atoms with Crippen molar-refractivity contribution in [2.75, 3.05) is 28.4 Å². The highest BCUT2D eigenvalue weighted by Crippen LogP contribution is 2.38. The third-order valence-electron chi connectivity index (χ3n) is 4.41. The third kappa shape index (κ3) is 4.27. The van der Waals surface area contributed by atoms with Crippen LogP contribution in [0, 0.1) is 5.82 Å². The summed E-state index contributed by atoms with van der Waals surface area (Å²) in [6, 6.07) is 9.30. The summed E-state index contributed by atoms with van der Waals surface area (Å²) in [5.41, 5.74) is 1.64. The number of H-pyrrole nitrogens is 1. The van der Waals surface area contributed by atoms with Crippen LogP contribution in [0.2, 0.25) is 0 Å². The molecule has 1 aromatic heterocycles. The zero-order valence-electron chi connectivity index (χ0n) is 17.0. The summed E-state index contributed by atoms with van der Waals surface area (Å²) in [5, 5.41) is 6.88. The fourth-order valence-electron chi connectivity index (χ4n) is 2.88. The van der Waals surface area contributed by atoms with Crippen molar-refractivity contribution in [3.05, 3.63) is 59.5 Å². The topological polar surface area (TPSA) is 82.7 Å². The van der Waals surface area contributed by atoms with Gasteiger partial charge in [-0.3, -0.25) is 9.89 Å². The van der Waals surface area contributed by atoms with E-state index in [1.807, 2.05) is 0 Å². The molecule has 0 atom stereocenters. The number of benzene rings is 2. The number of ketones is 1. The molecule has 0 aliphatic rings. The molecule has 7 nitrogen and oxygen atoms in total. The average molecular weight is 412 g/mol. The zero-order chi connectivity index (χ0) is 21.7. The van der Waals surface area contributed by atoms with Crippen molar-refractivity contribution in [1.29, 1.82) is 0 Å². The third-order valence-corrected chi connectivity index (χ3v) is 4.41. The minimum absolute atomic E-state index is 0.277. The van der Waals surface area contributed by atoms with Crippen LogP contribution in [-0.2, 0) is 0 Å². The van der Waals surface area contributed by atoms with Crippen molar-refractivity contribution in [1.82, 2.24) is 10.2 Å². The smallest absolute Gasteiger partial charge is 0.203 e. The number of hydrogen-bond acceptors (Lipinski definition) is 6. The molecule has 1 N–H and O–H groups in total. The van der Waals surface area contributed by atoms with Gasteiger partial charge in [-0.15, -0.1) is 0 Å². The highest BCUT2D eigenvalue weighted by atomic mass is 19.1. The Balaban J connectivity index is 1.83. The van der Waals surface area contributed by atoms with Gasteiger partial charge >= 0.3 is 0 Å². The fourth-order valence-corrected chi connectivity index (χ4v) is 2.88. The van der Waals surface area contributed by atoms with Gasteiger partial charge in [0.2, 0.25) is 5.75 Å². The van der Waals surface area contributed by atoms with Crippen molar-refractivity contribution in [3.63, 3.8) is 0 Å². The highest BCUT2D eigenvalue weighted by Gasteiger charge is 2.16. The number of ether oxygens (including phenoxy) is 4. The van der Waals surface area contributed by atoms with Gasteiger partial charge < -0.3 is 18.9 Å². The Hall–Kier alpha value is -3.81. The quantitative estimate of drug-likeness (QED) is 0.442. The van der Waals surface area contributed by atoms with Crippen molar-refractivity contribution >= 4 is 11.9 Å². The van der Waals surface area contributed by atoms with Crippen LogP contribution in [0.1, 0.15) is 16.1 Å². The molecule has 1 heterocycles. The molecule has 0 spiro atoms. The van der Waals surface area contributed by atoms with E-state index in [2.05, 4.69) is 10.2 Å². The maximum atomic E-state index is 14.2. The number of hydrogen-bond donors (Lipinski definition) is 1. The lowest BCUT2D eigenvalue weighted by Gasteiger charge is -2.13. The molecule has 0 radical (unpaired) electrons. The van der Waals surface area contributed by atoms with Crippen molar-refractivity contribution in [3.8, 4) is 34.3 Å². The summed E-state index contributed by atoms with van der Waals surface area (Å²) in [4.78, 5) is 12.6. The van der Waals surface area contributed by atoms with Gasteiger partial charge in [0.1, 0.15) is 11.6 Å². The molecule has 0 amide bonds. The van der Waals surface area contributed by atoms with E-state index in [4.69, 9.17) is 18.9 Å². The lowest BCUT2D eigenvalue weighted by molar-refractivity contribution is 0.104. The van der Waals surface area contributed by atoms with E-state index in [9.17, 15) is 9.18 Å². The van der Waals surface area contributed by atoms with Crippen molar-refractivity contribution < 1.29 is 28.1 Å². The Morgan fingerprint density at radius 2 is 1.67 bits per heavy atom. The molecule has 0 fully saturated rings. The molecule has 30 heavy (non-hydrogen) atoms. The van der Waals surface area contributed by atoms with Crippen LogP contribution in [0.25, 0.3) is 17.3 Å². The van der Waals surface area contributed by atoms with Crippen molar-refractivity contribution in [2.45, 2.75) is 0 Å². The molecular formula is C22H21FN2O5. The Morgan fingerprint density at radius 1 is 0.967 bits per heavy atom. The lowest BCUT2D eigenvalue weighted by atomic mass is 10.1. The first-order valence-corrected chi connectivity index (χ1v) is 8.92. The van der Waals surface area contributed by atoms with Crippen LogP contribution in [0.15, 0.2) is 42.5 Å². The van der Waals surface area contributed by atoms with Crippen LogP contribution in [0.5, 0.6) is 23.0 Å². The highest BCUT2D eigenvalue weighted by molar-refractivity contribution is 6.07. The van der Waals surface area contributed by atoms with E-state index in [-0.39, 0.29) is 5.78 Å². The maximum Gasteiger partial charge on any atom is 0.203 e. The predicted molar refractivity (Wildman–Crippen MR) is 110 cm³/mol. The number of aromatic amines is 1. The largest absolute Gasteiger partial charge is 0.497 e. The van der Waals surface area contributed by atoms with E-state index >= 15 is 0 Å². The monoisotopic (exact) mass is 412 g/mol. The summed E-state index contributed by atoms with van der Waals surface area (Å²) in [5.74, 6) is 0.855. The molecule has 2 aromatic carbocycles. The van der Waals surface area contributed by atoms with E-state index in [1.54, 1.807) is 36.4 Å². The molecule has 3 rings (SSSR count). The Morgan fingerprint density at radius 3 is 2.23 bits per heavy atom. The summed E-state index contributed by atoms with van der Waals surface area (Å²) in [6.45, 7) is 0. The molecule has 0 saturated carbocycles. The summed E-state index contributed by atoms with van der Waals surface area (Å²) in [6.07, 6.45) is 2.94. The number of rotatable bonds is 8. The zero-order valence-corrected chi connectivity index (χ0v) is 17.0. The molecule has 3 aromatic rings. The Kier molecular flexibility index (Phi) is 6.36. The van der Waals surface area contributed by atoms with Crippen molar-refractivity contribution in [2.24, 2.45) is 0 Å². The van der Waals surface area contributed by atoms with Gasteiger partial charge in [-0.1, -0.05) is 0 Å². The number of nitrogens with one attached hydrogen (secondary N) is 1. The molecular weight excluding hydrogens is 391 g/mol. The molecule has 0 unspecified atom stereocenters. The lowest BCUT2D eigenvalue weighted by Crippen LogP contribution is -2.00. The maximum absolute atomic E-state index is 14.2. The molecule has 8 heteroatoms. The number of aromatic nitrogens is 2. The number of halogens is 1. The Labute approximate surface area is 173 Å². The molecule has 0 bridgehead atoms. The summed E-state index contributed by atoms with van der Waals surface area (Å²) >= 11 is 0. The second-order valence-electron chi connectivity index (χ2n) is 6.17. The van der Waals surface area contributed by atoms with Crippen LogP contribution in [0.3, 0.4) is 0 Å². The normalized spacial score (nSPS) is 10.8. The van der Waals surface area contributed by atoms with E-state index < -0.39 is 5.82 Å². The van der Waals surface area contributed by atoms with E-state index in [1.165, 1.54) is 40.6 Å². The van der Waals surface area contributed by atoms with Gasteiger partial charge in [0.15, 0.2) is 17.3 Å². The molecule has 156 valence electrons. The van der Waals surface area contributed by atoms with Gasteiger partial charge in [-0.2, -0.15) is 5.10 Å². The first kappa shape index (κ1) is 20.9. The molecule has 0 saturated heterocycles. The number of carbonyl (C=O) groups is 1. The van der Waals surface area contributed by atoms with Crippen LogP contribution in [0.4, 0.5) is 4.39 Å². The second-order valence-corrected chi connectivity index (χ2v) is 6.17. The van der Waals surface area contributed by atoms with E-state index in [0.29, 0.717) is 45.5 Å². The standard InChI is InChI=1S/C22H21FN2O5/c1-27-15-6-7-16(17(23)12-15)18-11-14(24-25-18)5-8-19(26)13-9-20(28-2)22(30-4)21(10-13)29-3/h5-12H,1-4H3,(H,24,25). The summed E-state index contributed by atoms with van der Waals surface area (Å²) < 4.78 is 35.0. The van der Waals surface area contributed by atoms with Crippen LogP contribution < -0.4 is 18.9 Å². The van der Waals surface area contributed by atoms with Crippen LogP contribution >= 0.6 is 0 Å². The number of carbonyl (C=O) groups excluding carboxylic acids is 1. The number of methoxy groups -OCH3 is 4. The van der Waals surface area contributed by atoms with E-state index in [0.717, 1.165) is 0 Å². The average Bonchev–Trinajstić information content (AvgIpc) is 3.24. The fraction of sp³-hybridized carbons (Fsp3) is 0.182. The minimum Gasteiger partial charge on any atom is -0.497 e.